The van der Waals surface area contributed by atoms with E-state index in [0.29, 0.717) is 11.0 Å². The number of nitrogens with two attached hydrogens (primary N) is 1. The molecule has 5 heteroatoms. The van der Waals surface area contributed by atoms with Gasteiger partial charge in [-0.2, -0.15) is 0 Å². The number of allylic oxidation sites excluding steroid dienone is 2. The van der Waals surface area contributed by atoms with Crippen LogP contribution in [0.25, 0.3) is 15.8 Å². The van der Waals surface area contributed by atoms with E-state index in [4.69, 9.17) is 10.5 Å². The number of nitrogen functional groups attached to an aromatic ring is 1. The van der Waals surface area contributed by atoms with Crippen LogP contribution in [0.3, 0.4) is 0 Å². The lowest BCUT2D eigenvalue weighted by Gasteiger charge is -2.13. The monoisotopic (exact) mass is 261 g/mol. The van der Waals surface area contributed by atoms with Gasteiger partial charge < -0.3 is 10.5 Å². The van der Waals surface area contributed by atoms with Crippen LogP contribution < -0.4 is 10.5 Å². The van der Waals surface area contributed by atoms with Crippen molar-refractivity contribution in [2.45, 2.75) is 25.7 Å². The average Bonchev–Trinajstić information content (AvgIpc) is 2.80. The quantitative estimate of drug-likeness (QED) is 0.901. The van der Waals surface area contributed by atoms with Crippen molar-refractivity contribution in [2.75, 3.05) is 12.8 Å². The zero-order valence-corrected chi connectivity index (χ0v) is 11.1. The Morgan fingerprint density at radius 1 is 1.39 bits per heavy atom. The van der Waals surface area contributed by atoms with Gasteiger partial charge in [-0.1, -0.05) is 17.4 Å². The largest absolute Gasteiger partial charge is 0.479 e. The lowest BCUT2D eigenvalue weighted by molar-refractivity contribution is 0.402. The van der Waals surface area contributed by atoms with E-state index in [1.807, 2.05) is 6.20 Å². The number of nitrogens with zero attached hydrogens (tertiary/aromatic N) is 2. The lowest BCUT2D eigenvalue weighted by Crippen LogP contribution is -1.95. The molecule has 0 unspecified atom stereocenters. The molecule has 2 aromatic heterocycles. The molecule has 0 bridgehead atoms. The lowest BCUT2D eigenvalue weighted by atomic mass is 9.94. The van der Waals surface area contributed by atoms with Crippen molar-refractivity contribution in [3.8, 4) is 5.88 Å². The molecular weight excluding hydrogens is 246 g/mol. The Labute approximate surface area is 110 Å². The highest BCUT2D eigenvalue weighted by molar-refractivity contribution is 7.22. The molecule has 0 aliphatic heterocycles. The van der Waals surface area contributed by atoms with Crippen LogP contribution in [0, 0.1) is 0 Å². The third kappa shape index (κ3) is 1.84. The number of fused-ring (bicyclic) bond motifs is 1. The highest BCUT2D eigenvalue weighted by Gasteiger charge is 2.16. The first-order valence-corrected chi connectivity index (χ1v) is 6.89. The van der Waals surface area contributed by atoms with Crippen LogP contribution in [0.15, 0.2) is 12.3 Å². The number of ether oxygens (including phenoxy) is 1. The molecule has 1 aliphatic rings. The highest BCUT2D eigenvalue weighted by Crippen LogP contribution is 2.37. The Morgan fingerprint density at radius 3 is 3.00 bits per heavy atom. The van der Waals surface area contributed by atoms with Gasteiger partial charge in [0.15, 0.2) is 5.13 Å². The first-order valence-electron chi connectivity index (χ1n) is 6.08. The second kappa shape index (κ2) is 4.57. The van der Waals surface area contributed by atoms with Crippen LogP contribution in [0.2, 0.25) is 0 Å². The molecule has 1 aliphatic carbocycles. The molecule has 0 amide bonds. The molecule has 2 aromatic rings. The van der Waals surface area contributed by atoms with E-state index in [0.717, 1.165) is 23.1 Å². The summed E-state index contributed by atoms with van der Waals surface area (Å²) in [6, 6.07) is 0. The third-order valence-electron chi connectivity index (χ3n) is 3.23. The second-order valence-corrected chi connectivity index (χ2v) is 5.42. The van der Waals surface area contributed by atoms with Crippen molar-refractivity contribution in [3.63, 3.8) is 0 Å². The fourth-order valence-electron chi connectivity index (χ4n) is 2.37. The summed E-state index contributed by atoms with van der Waals surface area (Å²) in [5.41, 5.74) is 9.13. The minimum atomic E-state index is 0.554. The van der Waals surface area contributed by atoms with Gasteiger partial charge in [-0.25, -0.2) is 9.97 Å². The molecule has 0 spiro atoms. The maximum Gasteiger partial charge on any atom is 0.241 e. The van der Waals surface area contributed by atoms with Gasteiger partial charge in [0.2, 0.25) is 5.88 Å². The smallest absolute Gasteiger partial charge is 0.241 e. The Kier molecular flexibility index (Phi) is 2.91. The summed E-state index contributed by atoms with van der Waals surface area (Å²) in [4.78, 5) is 8.66. The van der Waals surface area contributed by atoms with E-state index >= 15 is 0 Å². The maximum absolute atomic E-state index is 5.82. The minimum Gasteiger partial charge on any atom is -0.479 e. The molecule has 0 fully saturated rings. The van der Waals surface area contributed by atoms with E-state index in [1.54, 1.807) is 7.11 Å². The normalized spacial score (nSPS) is 15.7. The molecule has 0 saturated carbocycles. The van der Waals surface area contributed by atoms with Gasteiger partial charge in [-0.05, 0) is 31.3 Å². The molecule has 2 heterocycles. The molecule has 0 atom stereocenters. The summed E-state index contributed by atoms with van der Waals surface area (Å²) >= 11 is 1.51. The first-order chi connectivity index (χ1) is 8.79. The Bertz CT molecular complexity index is 618. The third-order valence-corrected chi connectivity index (χ3v) is 4.15. The van der Waals surface area contributed by atoms with Crippen molar-refractivity contribution in [2.24, 2.45) is 0 Å². The maximum atomic E-state index is 5.82. The number of thiazole rings is 1. The zero-order chi connectivity index (χ0) is 12.5. The number of hydrogen-bond donors (Lipinski definition) is 1. The minimum absolute atomic E-state index is 0.554. The van der Waals surface area contributed by atoms with Crippen LogP contribution in [0.5, 0.6) is 5.88 Å². The number of rotatable bonds is 2. The standard InChI is InChI=1S/C13H15N3OS/c1-17-12-10-11(18-13(14)16-10)9(7-15-12)8-5-3-2-4-6-8/h5,7H,2-4,6H2,1H3,(H2,14,16). The van der Waals surface area contributed by atoms with Crippen LogP contribution in [0.4, 0.5) is 5.13 Å². The number of anilines is 1. The van der Waals surface area contributed by atoms with Gasteiger partial charge >= 0.3 is 0 Å². The van der Waals surface area contributed by atoms with Crippen molar-refractivity contribution in [1.29, 1.82) is 0 Å². The number of pyridine rings is 1. The molecular formula is C13H15N3OS. The summed E-state index contributed by atoms with van der Waals surface area (Å²) in [5, 5.41) is 0.564. The number of aromatic nitrogens is 2. The summed E-state index contributed by atoms with van der Waals surface area (Å²) in [6.07, 6.45) is 8.98. The summed E-state index contributed by atoms with van der Waals surface area (Å²) in [6.45, 7) is 0. The van der Waals surface area contributed by atoms with E-state index in [-0.39, 0.29) is 0 Å². The zero-order valence-electron chi connectivity index (χ0n) is 10.3. The predicted molar refractivity (Wildman–Crippen MR) is 74.8 cm³/mol. The molecule has 3 rings (SSSR count). The van der Waals surface area contributed by atoms with Crippen molar-refractivity contribution >= 4 is 32.3 Å². The topological polar surface area (TPSA) is 61.0 Å². The van der Waals surface area contributed by atoms with Gasteiger partial charge in [-0.3, -0.25) is 0 Å². The average molecular weight is 261 g/mol. The Hall–Kier alpha value is -1.62. The fraction of sp³-hybridized carbons (Fsp3) is 0.385. The summed E-state index contributed by atoms with van der Waals surface area (Å²) in [5.74, 6) is 0.554. The molecule has 18 heavy (non-hydrogen) atoms. The first kappa shape index (κ1) is 11.5. The second-order valence-electron chi connectivity index (χ2n) is 4.39. The van der Waals surface area contributed by atoms with Gasteiger partial charge in [0, 0.05) is 11.8 Å². The van der Waals surface area contributed by atoms with Gasteiger partial charge in [0.25, 0.3) is 0 Å². The Balaban J connectivity index is 2.21. The predicted octanol–water partition coefficient (Wildman–Crippen LogP) is 3.24. The van der Waals surface area contributed by atoms with E-state index in [9.17, 15) is 0 Å². The van der Waals surface area contributed by atoms with Crippen LogP contribution in [-0.2, 0) is 0 Å². The van der Waals surface area contributed by atoms with Crippen molar-refractivity contribution < 1.29 is 4.74 Å². The molecule has 2 N–H and O–H groups in total. The van der Waals surface area contributed by atoms with Crippen molar-refractivity contribution in [3.05, 3.63) is 17.8 Å². The van der Waals surface area contributed by atoms with Gasteiger partial charge in [0.05, 0.1) is 11.8 Å². The summed E-state index contributed by atoms with van der Waals surface area (Å²) in [7, 11) is 1.61. The molecule has 0 aromatic carbocycles. The summed E-state index contributed by atoms with van der Waals surface area (Å²) < 4.78 is 6.33. The Morgan fingerprint density at radius 2 is 2.28 bits per heavy atom. The number of methoxy groups -OCH3 is 1. The van der Waals surface area contributed by atoms with Crippen LogP contribution >= 0.6 is 11.3 Å². The molecule has 0 saturated heterocycles. The fourth-order valence-corrected chi connectivity index (χ4v) is 3.24. The van der Waals surface area contributed by atoms with E-state index < -0.39 is 0 Å². The van der Waals surface area contributed by atoms with Gasteiger partial charge in [0.1, 0.15) is 5.52 Å². The van der Waals surface area contributed by atoms with Crippen LogP contribution in [0.1, 0.15) is 31.2 Å². The van der Waals surface area contributed by atoms with Crippen LogP contribution in [-0.4, -0.2) is 17.1 Å². The SMILES string of the molecule is COc1ncc(C2=CCCCC2)c2sc(N)nc12. The van der Waals surface area contributed by atoms with E-state index in [2.05, 4.69) is 16.0 Å². The highest BCUT2D eigenvalue weighted by atomic mass is 32.1. The van der Waals surface area contributed by atoms with E-state index in [1.165, 1.54) is 35.3 Å². The number of hydrogen-bond acceptors (Lipinski definition) is 5. The van der Waals surface area contributed by atoms with Gasteiger partial charge in [-0.15, -0.1) is 0 Å². The molecule has 4 nitrogen and oxygen atoms in total. The molecule has 94 valence electrons. The molecule has 0 radical (unpaired) electrons. The van der Waals surface area contributed by atoms with Crippen molar-refractivity contribution in [1.82, 2.24) is 9.97 Å².